The number of methoxy groups -OCH3 is 1. The molecule has 1 unspecified atom stereocenters. The highest BCUT2D eigenvalue weighted by molar-refractivity contribution is 7.12. The number of amides is 5. The van der Waals surface area contributed by atoms with Gasteiger partial charge in [-0.2, -0.15) is 5.10 Å². The van der Waals surface area contributed by atoms with E-state index in [1.165, 1.54) is 46.9 Å². The van der Waals surface area contributed by atoms with Gasteiger partial charge in [-0.15, -0.1) is 22.7 Å². The lowest BCUT2D eigenvalue weighted by Crippen LogP contribution is -2.42. The minimum absolute atomic E-state index is 0.217. The van der Waals surface area contributed by atoms with E-state index in [4.69, 9.17) is 4.74 Å². The number of thiophene rings is 2. The normalized spacial score (nSPS) is 18.1. The highest BCUT2D eigenvalue weighted by atomic mass is 32.1. The summed E-state index contributed by atoms with van der Waals surface area (Å²) < 4.78 is 5.09. The zero-order valence-corrected chi connectivity index (χ0v) is 19.5. The first-order chi connectivity index (χ1) is 16.5. The van der Waals surface area contributed by atoms with E-state index in [1.54, 1.807) is 12.1 Å². The van der Waals surface area contributed by atoms with Gasteiger partial charge in [-0.1, -0.05) is 12.1 Å². The van der Waals surface area contributed by atoms with Crippen LogP contribution in [0.4, 0.5) is 10.5 Å². The Hall–Kier alpha value is -3.83. The van der Waals surface area contributed by atoms with Crippen molar-refractivity contribution in [1.82, 2.24) is 9.91 Å². The summed E-state index contributed by atoms with van der Waals surface area (Å²) in [6, 6.07) is 12.6. The Kier molecular flexibility index (Phi) is 5.72. The van der Waals surface area contributed by atoms with Crippen LogP contribution in [0.1, 0.15) is 22.2 Å². The van der Waals surface area contributed by atoms with Crippen molar-refractivity contribution < 1.29 is 23.9 Å². The van der Waals surface area contributed by atoms with Crippen LogP contribution in [-0.4, -0.2) is 53.0 Å². The lowest BCUT2D eigenvalue weighted by Gasteiger charge is -2.22. The number of hydrogen-bond acceptors (Lipinski definition) is 8. The maximum atomic E-state index is 13.3. The molecule has 1 atom stereocenters. The molecule has 3 aromatic rings. The summed E-state index contributed by atoms with van der Waals surface area (Å²) in [5, 5.41) is 9.70. The number of ether oxygens (including phenoxy) is 1. The quantitative estimate of drug-likeness (QED) is 0.386. The van der Waals surface area contributed by atoms with E-state index in [2.05, 4.69) is 5.10 Å². The fourth-order valence-corrected chi connectivity index (χ4v) is 5.38. The van der Waals surface area contributed by atoms with Crippen molar-refractivity contribution in [2.75, 3.05) is 18.6 Å². The molecule has 0 spiro atoms. The molecule has 11 heteroatoms. The molecule has 2 aromatic heterocycles. The molecule has 4 heterocycles. The topological polar surface area (TPSA) is 99.6 Å². The van der Waals surface area contributed by atoms with Gasteiger partial charge < -0.3 is 4.74 Å². The van der Waals surface area contributed by atoms with Crippen LogP contribution in [0.25, 0.3) is 0 Å². The monoisotopic (exact) mass is 494 g/mol. The van der Waals surface area contributed by atoms with Crippen LogP contribution in [-0.2, 0) is 14.4 Å². The average molecular weight is 495 g/mol. The molecule has 2 aliphatic heterocycles. The maximum Gasteiger partial charge on any atom is 0.339 e. The van der Waals surface area contributed by atoms with E-state index in [0.29, 0.717) is 17.1 Å². The fraction of sp³-hybridized carbons (Fsp3) is 0.174. The predicted molar refractivity (Wildman–Crippen MR) is 127 cm³/mol. The van der Waals surface area contributed by atoms with Crippen LogP contribution in [0.5, 0.6) is 5.75 Å². The Morgan fingerprint density at radius 2 is 1.76 bits per heavy atom. The van der Waals surface area contributed by atoms with Crippen molar-refractivity contribution in [3.63, 3.8) is 0 Å². The van der Waals surface area contributed by atoms with Crippen LogP contribution < -0.4 is 9.64 Å². The van der Waals surface area contributed by atoms with Crippen molar-refractivity contribution in [2.24, 2.45) is 5.10 Å². The summed E-state index contributed by atoms with van der Waals surface area (Å²) in [5.41, 5.74) is 0.978. The zero-order chi connectivity index (χ0) is 23.8. The van der Waals surface area contributed by atoms with E-state index in [-0.39, 0.29) is 11.7 Å². The van der Waals surface area contributed by atoms with Gasteiger partial charge in [-0.05, 0) is 47.2 Å². The summed E-state index contributed by atoms with van der Waals surface area (Å²) >= 11 is 3.03. The number of carbonyl (C=O) groups is 4. The van der Waals surface area contributed by atoms with Crippen LogP contribution in [0.2, 0.25) is 0 Å². The number of hydrogen-bond donors (Lipinski definition) is 0. The molecule has 34 heavy (non-hydrogen) atoms. The second-order valence-electron chi connectivity index (χ2n) is 7.51. The summed E-state index contributed by atoms with van der Waals surface area (Å²) in [5.74, 6) is -2.07. The molecule has 0 radical (unpaired) electrons. The molecule has 1 aromatic carbocycles. The first-order valence-electron chi connectivity index (χ1n) is 10.3. The van der Waals surface area contributed by atoms with Crippen molar-refractivity contribution in [3.05, 3.63) is 69.0 Å². The molecule has 2 aliphatic rings. The van der Waals surface area contributed by atoms with Gasteiger partial charge >= 0.3 is 17.8 Å². The number of rotatable bonds is 6. The fourth-order valence-electron chi connectivity index (χ4n) is 3.85. The third-order valence-electron chi connectivity index (χ3n) is 5.52. The standard InChI is InChI=1S/C23H18N4O5S2/c1-32-15-8-6-14(7-9-15)26-22(30)21(29)25(23(26)31)13-20(28)27-17(19-5-3-11-34-19)12-16(24-27)18-4-2-10-33-18/h2-11,17H,12-13H2,1H3. The molecule has 1 saturated heterocycles. The highest BCUT2D eigenvalue weighted by Gasteiger charge is 2.47. The summed E-state index contributed by atoms with van der Waals surface area (Å²) in [7, 11) is 1.49. The smallest absolute Gasteiger partial charge is 0.339 e. The number of anilines is 1. The second-order valence-corrected chi connectivity index (χ2v) is 9.44. The Bertz CT molecular complexity index is 1290. The van der Waals surface area contributed by atoms with Gasteiger partial charge in [0.2, 0.25) is 0 Å². The average Bonchev–Trinajstić information content (AvgIpc) is 3.64. The van der Waals surface area contributed by atoms with Crippen molar-refractivity contribution in [2.45, 2.75) is 12.5 Å². The lowest BCUT2D eigenvalue weighted by atomic mass is 10.1. The first kappa shape index (κ1) is 22.0. The number of urea groups is 1. The minimum Gasteiger partial charge on any atom is -0.497 e. The van der Waals surface area contributed by atoms with Crippen LogP contribution in [0, 0.1) is 0 Å². The Morgan fingerprint density at radius 1 is 1.03 bits per heavy atom. The Morgan fingerprint density at radius 3 is 2.41 bits per heavy atom. The second kappa shape index (κ2) is 8.84. The molecular formula is C23H18N4O5S2. The molecule has 0 N–H and O–H groups in total. The lowest BCUT2D eigenvalue weighted by molar-refractivity contribution is -0.142. The Balaban J connectivity index is 1.39. The number of imide groups is 2. The molecule has 0 aliphatic carbocycles. The first-order valence-corrected chi connectivity index (χ1v) is 12.0. The third kappa shape index (κ3) is 3.78. The van der Waals surface area contributed by atoms with Gasteiger partial charge in [0.1, 0.15) is 12.3 Å². The van der Waals surface area contributed by atoms with Gasteiger partial charge in [0.05, 0.1) is 29.4 Å². The van der Waals surface area contributed by atoms with Gasteiger partial charge in [-0.25, -0.2) is 19.6 Å². The molecule has 9 nitrogen and oxygen atoms in total. The highest BCUT2D eigenvalue weighted by Crippen LogP contribution is 2.36. The van der Waals surface area contributed by atoms with Crippen molar-refractivity contribution in [3.8, 4) is 5.75 Å². The number of nitrogens with zero attached hydrogens (tertiary/aromatic N) is 4. The van der Waals surface area contributed by atoms with Crippen LogP contribution >= 0.6 is 22.7 Å². The maximum absolute atomic E-state index is 13.3. The third-order valence-corrected chi connectivity index (χ3v) is 7.41. The molecule has 172 valence electrons. The Labute approximate surface area is 202 Å². The zero-order valence-electron chi connectivity index (χ0n) is 17.9. The molecular weight excluding hydrogens is 476 g/mol. The number of hydrazone groups is 1. The van der Waals surface area contributed by atoms with E-state index in [9.17, 15) is 19.2 Å². The van der Waals surface area contributed by atoms with E-state index in [1.807, 2.05) is 35.0 Å². The minimum atomic E-state index is -1.05. The molecule has 5 rings (SSSR count). The molecule has 0 saturated carbocycles. The summed E-state index contributed by atoms with van der Waals surface area (Å²) in [6.45, 7) is -0.584. The summed E-state index contributed by atoms with van der Waals surface area (Å²) in [4.78, 5) is 54.8. The van der Waals surface area contributed by atoms with E-state index in [0.717, 1.165) is 20.4 Å². The van der Waals surface area contributed by atoms with Crippen LogP contribution in [0.15, 0.2) is 64.4 Å². The van der Waals surface area contributed by atoms with E-state index < -0.39 is 30.3 Å². The molecule has 5 amide bonds. The number of carbonyl (C=O) groups excluding carboxylic acids is 4. The van der Waals surface area contributed by atoms with Gasteiger partial charge in [0.25, 0.3) is 5.91 Å². The van der Waals surface area contributed by atoms with Gasteiger partial charge in [0, 0.05) is 11.3 Å². The SMILES string of the molecule is COc1ccc(N2C(=O)C(=O)N(CC(=O)N3N=C(c4cccs4)CC3c3cccs3)C2=O)cc1. The van der Waals surface area contributed by atoms with Gasteiger partial charge in [-0.3, -0.25) is 14.4 Å². The largest absolute Gasteiger partial charge is 0.497 e. The van der Waals surface area contributed by atoms with Gasteiger partial charge in [0.15, 0.2) is 0 Å². The summed E-state index contributed by atoms with van der Waals surface area (Å²) in [6.07, 6.45) is 0.519. The van der Waals surface area contributed by atoms with Crippen LogP contribution in [0.3, 0.4) is 0 Å². The molecule has 1 fully saturated rings. The van der Waals surface area contributed by atoms with Crippen molar-refractivity contribution >= 4 is 57.8 Å². The predicted octanol–water partition coefficient (Wildman–Crippen LogP) is 3.49. The number of benzene rings is 1. The molecule has 0 bridgehead atoms. The van der Waals surface area contributed by atoms with E-state index >= 15 is 0 Å². The van der Waals surface area contributed by atoms with Crippen molar-refractivity contribution in [1.29, 1.82) is 0 Å².